The van der Waals surface area contributed by atoms with Gasteiger partial charge in [-0.3, -0.25) is 16.3 Å². The second-order valence-electron chi connectivity index (χ2n) is 2.53. The maximum absolute atomic E-state index is 11.2. The van der Waals surface area contributed by atoms with Crippen molar-refractivity contribution in [2.24, 2.45) is 11.5 Å². The molecule has 0 radical (unpaired) electrons. The van der Waals surface area contributed by atoms with Crippen LogP contribution in [0.4, 0.5) is 5.69 Å². The van der Waals surface area contributed by atoms with Crippen molar-refractivity contribution in [3.8, 4) is 0 Å². The molecule has 1 amide bonds. The van der Waals surface area contributed by atoms with Crippen LogP contribution in [0.5, 0.6) is 0 Å². The molecule has 0 heterocycles. The molecule has 0 bridgehead atoms. The van der Waals surface area contributed by atoms with Crippen LogP contribution in [-0.4, -0.2) is 11.9 Å². The Morgan fingerprint density at radius 2 is 1.69 bits per heavy atom. The van der Waals surface area contributed by atoms with Crippen LogP contribution < -0.4 is 22.2 Å². The van der Waals surface area contributed by atoms with E-state index in [1.807, 2.05) is 0 Å². The highest BCUT2D eigenvalue weighted by molar-refractivity contribution is 5.90. The number of carbonyl (C=O) groups excluding carboxylic acids is 1. The molecule has 1 aromatic rings. The van der Waals surface area contributed by atoms with Crippen LogP contribution in [0, 0.1) is 0 Å². The average Bonchev–Trinajstić information content (AvgIpc) is 2.04. The summed E-state index contributed by atoms with van der Waals surface area (Å²) in [5.74, 6) is -0.471. The fourth-order valence-electron chi connectivity index (χ4n) is 0.838. The zero-order valence-corrected chi connectivity index (χ0v) is 6.95. The van der Waals surface area contributed by atoms with Crippen molar-refractivity contribution in [2.75, 3.05) is 5.73 Å². The van der Waals surface area contributed by atoms with E-state index in [1.165, 1.54) is 0 Å². The fraction of sp³-hybridized carbons (Fsp3) is 0. The predicted octanol–water partition coefficient (Wildman–Crippen LogP) is -2.24. The van der Waals surface area contributed by atoms with E-state index in [0.29, 0.717) is 11.3 Å². The Morgan fingerprint density at radius 1 is 1.15 bits per heavy atom. The van der Waals surface area contributed by atoms with Gasteiger partial charge in [0.25, 0.3) is 0 Å². The Bertz CT molecular complexity index is 338. The highest BCUT2D eigenvalue weighted by atomic mass is 16.1. The van der Waals surface area contributed by atoms with Gasteiger partial charge in [0.1, 0.15) is 0 Å². The number of nitrogen functional groups attached to an aromatic ring is 1. The fourth-order valence-corrected chi connectivity index (χ4v) is 0.838. The number of hydrogen-bond acceptors (Lipinski definition) is 2. The molecule has 0 saturated heterocycles. The summed E-state index contributed by atoms with van der Waals surface area (Å²) in [6.45, 7) is 0. The minimum atomic E-state index is -0.347. The molecule has 5 heteroatoms. The van der Waals surface area contributed by atoms with E-state index < -0.39 is 0 Å². The lowest BCUT2D eigenvalue weighted by Gasteiger charge is -1.94. The predicted molar refractivity (Wildman–Crippen MR) is 49.5 cm³/mol. The molecule has 13 heavy (non-hydrogen) atoms. The molecule has 68 valence electrons. The number of benzene rings is 1. The van der Waals surface area contributed by atoms with Gasteiger partial charge in [-0.25, -0.2) is 4.99 Å². The quantitative estimate of drug-likeness (QED) is 0.222. The third-order valence-electron chi connectivity index (χ3n) is 1.43. The monoisotopic (exact) mass is 179 g/mol. The summed E-state index contributed by atoms with van der Waals surface area (Å²) < 4.78 is 0. The Morgan fingerprint density at radius 3 is 2.15 bits per heavy atom. The second-order valence-corrected chi connectivity index (χ2v) is 2.53. The maximum Gasteiger partial charge on any atom is 0.346 e. The van der Waals surface area contributed by atoms with E-state index in [9.17, 15) is 4.79 Å². The minimum Gasteiger partial charge on any atom is -0.399 e. The number of anilines is 1. The molecule has 0 fully saturated rings. The summed E-state index contributed by atoms with van der Waals surface area (Å²) in [5, 5.41) is 0. The van der Waals surface area contributed by atoms with Crippen LogP contribution in [-0.2, 0) is 0 Å². The standard InChI is InChI=1S/C8H10N4O/c9-6-3-1-5(2-4-6)7(13)12-8(10)11/h1-4H,9H2,(H4,10,11,12,13)/p+1. The number of guanidine groups is 1. The molecule has 0 unspecified atom stereocenters. The largest absolute Gasteiger partial charge is 0.399 e. The maximum atomic E-state index is 11.2. The SMILES string of the molecule is NC(N)=[NH+]C(=O)c1ccc(N)cc1. The molecule has 0 aliphatic heterocycles. The van der Waals surface area contributed by atoms with Gasteiger partial charge in [-0.1, -0.05) is 0 Å². The van der Waals surface area contributed by atoms with Crippen LogP contribution in [0.15, 0.2) is 24.3 Å². The first-order chi connectivity index (χ1) is 6.09. The summed E-state index contributed by atoms with van der Waals surface area (Å²) in [4.78, 5) is 13.5. The van der Waals surface area contributed by atoms with Gasteiger partial charge in [0.15, 0.2) is 0 Å². The first-order valence-corrected chi connectivity index (χ1v) is 3.64. The second kappa shape index (κ2) is 3.57. The normalized spacial score (nSPS) is 9.23. The van der Waals surface area contributed by atoms with Gasteiger partial charge >= 0.3 is 11.9 Å². The van der Waals surface area contributed by atoms with Gasteiger partial charge in [-0.05, 0) is 24.3 Å². The molecule has 1 rings (SSSR count). The average molecular weight is 179 g/mol. The van der Waals surface area contributed by atoms with Gasteiger partial charge in [0.05, 0.1) is 5.56 Å². The molecule has 5 nitrogen and oxygen atoms in total. The van der Waals surface area contributed by atoms with Crippen LogP contribution in [0.2, 0.25) is 0 Å². The Balaban J connectivity index is 2.90. The molecule has 0 aliphatic carbocycles. The number of amides is 1. The van der Waals surface area contributed by atoms with Crippen LogP contribution in [0.3, 0.4) is 0 Å². The van der Waals surface area contributed by atoms with E-state index in [1.54, 1.807) is 24.3 Å². The third kappa shape index (κ3) is 2.48. The van der Waals surface area contributed by atoms with Gasteiger partial charge in [0.2, 0.25) is 0 Å². The van der Waals surface area contributed by atoms with E-state index >= 15 is 0 Å². The zero-order valence-electron chi connectivity index (χ0n) is 6.95. The lowest BCUT2D eigenvalue weighted by Crippen LogP contribution is -2.81. The van der Waals surface area contributed by atoms with Crippen LogP contribution in [0.1, 0.15) is 10.4 Å². The first-order valence-electron chi connectivity index (χ1n) is 3.64. The number of carbonyl (C=O) groups is 1. The Hall–Kier alpha value is -2.04. The van der Waals surface area contributed by atoms with Gasteiger partial charge in [0, 0.05) is 5.69 Å². The molecule has 7 N–H and O–H groups in total. The van der Waals surface area contributed by atoms with Crippen LogP contribution >= 0.6 is 0 Å². The third-order valence-corrected chi connectivity index (χ3v) is 1.43. The molecular formula is C8H11N4O+. The van der Waals surface area contributed by atoms with Gasteiger partial charge < -0.3 is 5.73 Å². The van der Waals surface area contributed by atoms with Crippen molar-refractivity contribution in [1.29, 1.82) is 0 Å². The van der Waals surface area contributed by atoms with E-state index in [-0.39, 0.29) is 11.9 Å². The van der Waals surface area contributed by atoms with Crippen molar-refractivity contribution in [2.45, 2.75) is 0 Å². The number of hydrogen-bond donors (Lipinski definition) is 4. The molecule has 0 aromatic heterocycles. The van der Waals surface area contributed by atoms with Crippen molar-refractivity contribution >= 4 is 17.6 Å². The molecule has 1 aromatic carbocycles. The molecule has 0 atom stereocenters. The van der Waals surface area contributed by atoms with Gasteiger partial charge in [-0.15, -0.1) is 0 Å². The number of nitrogens with two attached hydrogens (primary N) is 3. The minimum absolute atomic E-state index is 0.123. The number of rotatable bonds is 1. The highest BCUT2D eigenvalue weighted by Crippen LogP contribution is 2.03. The van der Waals surface area contributed by atoms with Crippen molar-refractivity contribution in [3.05, 3.63) is 29.8 Å². The first kappa shape index (κ1) is 9.05. The van der Waals surface area contributed by atoms with E-state index in [4.69, 9.17) is 17.2 Å². The summed E-state index contributed by atoms with van der Waals surface area (Å²) in [5.41, 5.74) is 16.7. The summed E-state index contributed by atoms with van der Waals surface area (Å²) in [6.07, 6.45) is 0. The van der Waals surface area contributed by atoms with Gasteiger partial charge in [-0.2, -0.15) is 0 Å². The summed E-state index contributed by atoms with van der Waals surface area (Å²) in [6, 6.07) is 6.43. The summed E-state index contributed by atoms with van der Waals surface area (Å²) >= 11 is 0. The Labute approximate surface area is 75.2 Å². The molecular weight excluding hydrogens is 168 g/mol. The number of nitrogens with one attached hydrogen (secondary N) is 1. The molecule has 0 spiro atoms. The van der Waals surface area contributed by atoms with Crippen LogP contribution in [0.25, 0.3) is 0 Å². The smallest absolute Gasteiger partial charge is 0.346 e. The molecule has 0 aliphatic rings. The Kier molecular flexibility index (Phi) is 2.49. The highest BCUT2D eigenvalue weighted by Gasteiger charge is 2.04. The molecule has 0 saturated carbocycles. The van der Waals surface area contributed by atoms with Crippen molar-refractivity contribution < 1.29 is 9.79 Å². The van der Waals surface area contributed by atoms with E-state index in [0.717, 1.165) is 0 Å². The van der Waals surface area contributed by atoms with E-state index in [2.05, 4.69) is 4.99 Å². The van der Waals surface area contributed by atoms with Crippen molar-refractivity contribution in [3.63, 3.8) is 0 Å². The lowest BCUT2D eigenvalue weighted by atomic mass is 10.2. The topological polar surface area (TPSA) is 109 Å². The van der Waals surface area contributed by atoms with Crippen molar-refractivity contribution in [1.82, 2.24) is 0 Å². The summed E-state index contributed by atoms with van der Waals surface area (Å²) in [7, 11) is 0. The lowest BCUT2D eigenvalue weighted by molar-refractivity contribution is -0.347. The zero-order chi connectivity index (χ0) is 9.84.